The average molecular weight is 437 g/mol. The van der Waals surface area contributed by atoms with E-state index in [2.05, 4.69) is 55.7 Å². The standard InChI is InChI=1S/C31H26F2/c1-4-5-6-25-18-28-16-15-27(22(3)29(28)19-25)14-13-24-9-7-23(8-10-24)11-12-26-17-21(2)31(33)30(32)20-26/h7-10,15-17,19-20H,4-6,18H2,1-3H3. The van der Waals surface area contributed by atoms with E-state index in [1.54, 1.807) is 6.07 Å². The molecule has 164 valence electrons. The highest BCUT2D eigenvalue weighted by Crippen LogP contribution is 2.31. The maximum absolute atomic E-state index is 13.6. The summed E-state index contributed by atoms with van der Waals surface area (Å²) in [5.41, 5.74) is 8.97. The fraction of sp³-hybridized carbons (Fsp3) is 0.226. The minimum Gasteiger partial charge on any atom is -0.204 e. The molecule has 0 radical (unpaired) electrons. The first-order chi connectivity index (χ1) is 15.9. The Morgan fingerprint density at radius 3 is 2.15 bits per heavy atom. The lowest BCUT2D eigenvalue weighted by atomic mass is 9.99. The molecule has 2 heteroatoms. The molecular formula is C31H26F2. The molecule has 0 saturated heterocycles. The SMILES string of the molecule is CCCCC1=Cc2c(ccc(C#Cc3ccc(C#Cc4cc(C)c(F)c(F)c4)cc3)c2C)C1. The van der Waals surface area contributed by atoms with E-state index in [1.165, 1.54) is 48.4 Å². The molecule has 0 N–H and O–H groups in total. The number of hydrogen-bond acceptors (Lipinski definition) is 0. The van der Waals surface area contributed by atoms with Gasteiger partial charge >= 0.3 is 0 Å². The summed E-state index contributed by atoms with van der Waals surface area (Å²) in [6.45, 7) is 5.91. The Morgan fingerprint density at radius 2 is 1.48 bits per heavy atom. The van der Waals surface area contributed by atoms with E-state index in [-0.39, 0.29) is 5.56 Å². The molecule has 0 fully saturated rings. The number of unbranched alkanes of at least 4 members (excludes halogenated alkanes) is 1. The third-order valence-corrected chi connectivity index (χ3v) is 6.01. The first-order valence-corrected chi connectivity index (χ1v) is 11.4. The van der Waals surface area contributed by atoms with Crippen LogP contribution in [0, 0.1) is 49.2 Å². The van der Waals surface area contributed by atoms with Crippen LogP contribution in [-0.4, -0.2) is 0 Å². The van der Waals surface area contributed by atoms with Crippen molar-refractivity contribution in [2.45, 2.75) is 46.5 Å². The number of halogens is 2. The van der Waals surface area contributed by atoms with Gasteiger partial charge in [-0.05, 0) is 97.8 Å². The van der Waals surface area contributed by atoms with E-state index in [9.17, 15) is 8.78 Å². The normalized spacial score (nSPS) is 11.7. The number of rotatable bonds is 3. The quantitative estimate of drug-likeness (QED) is 0.373. The van der Waals surface area contributed by atoms with Crippen LogP contribution in [0.1, 0.15) is 70.7 Å². The fourth-order valence-electron chi connectivity index (χ4n) is 4.06. The highest BCUT2D eigenvalue weighted by molar-refractivity contribution is 5.69. The molecule has 0 saturated carbocycles. The van der Waals surface area contributed by atoms with Crippen molar-refractivity contribution in [3.63, 3.8) is 0 Å². The van der Waals surface area contributed by atoms with Gasteiger partial charge in [0.1, 0.15) is 0 Å². The number of aryl methyl sites for hydroxylation is 1. The summed E-state index contributed by atoms with van der Waals surface area (Å²) in [5, 5.41) is 0. The molecule has 1 aliphatic rings. The van der Waals surface area contributed by atoms with Crippen LogP contribution in [-0.2, 0) is 6.42 Å². The zero-order valence-corrected chi connectivity index (χ0v) is 19.3. The van der Waals surface area contributed by atoms with E-state index in [1.807, 2.05) is 24.3 Å². The molecule has 3 aromatic rings. The number of benzene rings is 3. The highest BCUT2D eigenvalue weighted by atomic mass is 19.2. The number of allylic oxidation sites excluding steroid dienone is 1. The molecule has 4 rings (SSSR count). The lowest BCUT2D eigenvalue weighted by Crippen LogP contribution is -1.91. The van der Waals surface area contributed by atoms with Crippen LogP contribution in [0.4, 0.5) is 8.78 Å². The van der Waals surface area contributed by atoms with Crippen molar-refractivity contribution in [1.29, 1.82) is 0 Å². The first kappa shape index (κ1) is 22.6. The van der Waals surface area contributed by atoms with Crippen molar-refractivity contribution in [3.8, 4) is 23.7 Å². The second kappa shape index (κ2) is 9.89. The van der Waals surface area contributed by atoms with Gasteiger partial charge in [0.25, 0.3) is 0 Å². The minimum atomic E-state index is -0.876. The summed E-state index contributed by atoms with van der Waals surface area (Å²) in [4.78, 5) is 0. The summed E-state index contributed by atoms with van der Waals surface area (Å²) < 4.78 is 27.0. The Balaban J connectivity index is 1.50. The zero-order valence-electron chi connectivity index (χ0n) is 19.3. The van der Waals surface area contributed by atoms with Crippen LogP contribution < -0.4 is 0 Å². The van der Waals surface area contributed by atoms with Gasteiger partial charge in [0.15, 0.2) is 11.6 Å². The maximum Gasteiger partial charge on any atom is 0.161 e. The zero-order chi connectivity index (χ0) is 23.4. The molecule has 1 aliphatic carbocycles. The van der Waals surface area contributed by atoms with Crippen molar-refractivity contribution >= 4 is 6.08 Å². The Morgan fingerprint density at radius 1 is 0.818 bits per heavy atom. The second-order valence-electron chi connectivity index (χ2n) is 8.56. The molecule has 33 heavy (non-hydrogen) atoms. The molecule has 0 spiro atoms. The van der Waals surface area contributed by atoms with Gasteiger partial charge < -0.3 is 0 Å². The highest BCUT2D eigenvalue weighted by Gasteiger charge is 2.15. The lowest BCUT2D eigenvalue weighted by Gasteiger charge is -2.05. The molecule has 0 bridgehead atoms. The lowest BCUT2D eigenvalue weighted by molar-refractivity contribution is 0.503. The van der Waals surface area contributed by atoms with Gasteiger partial charge in [-0.15, -0.1) is 0 Å². The van der Waals surface area contributed by atoms with Gasteiger partial charge in [-0.1, -0.05) is 54.7 Å². The van der Waals surface area contributed by atoms with E-state index >= 15 is 0 Å². The number of fused-ring (bicyclic) bond motifs is 1. The van der Waals surface area contributed by atoms with E-state index < -0.39 is 11.6 Å². The molecule has 0 atom stereocenters. The molecular weight excluding hydrogens is 410 g/mol. The van der Waals surface area contributed by atoms with Gasteiger partial charge in [0, 0.05) is 22.3 Å². The average Bonchev–Trinajstić information content (AvgIpc) is 3.24. The topological polar surface area (TPSA) is 0 Å². The third-order valence-electron chi connectivity index (χ3n) is 6.01. The van der Waals surface area contributed by atoms with Crippen molar-refractivity contribution in [2.24, 2.45) is 0 Å². The second-order valence-corrected chi connectivity index (χ2v) is 8.56. The predicted molar refractivity (Wildman–Crippen MR) is 132 cm³/mol. The number of hydrogen-bond donors (Lipinski definition) is 0. The van der Waals surface area contributed by atoms with Gasteiger partial charge in [0.05, 0.1) is 0 Å². The van der Waals surface area contributed by atoms with Crippen LogP contribution in [0.25, 0.3) is 6.08 Å². The summed E-state index contributed by atoms with van der Waals surface area (Å²) in [7, 11) is 0. The largest absolute Gasteiger partial charge is 0.204 e. The molecule has 0 unspecified atom stereocenters. The molecule has 0 amide bonds. The van der Waals surface area contributed by atoms with Gasteiger partial charge in [-0.2, -0.15) is 0 Å². The Kier molecular flexibility index (Phi) is 6.76. The Labute approximate surface area is 195 Å². The summed E-state index contributed by atoms with van der Waals surface area (Å²) in [6.07, 6.45) is 7.06. The Bertz CT molecular complexity index is 1330. The van der Waals surface area contributed by atoms with Gasteiger partial charge in [-0.3, -0.25) is 0 Å². The van der Waals surface area contributed by atoms with Crippen LogP contribution in [0.3, 0.4) is 0 Å². The summed E-state index contributed by atoms with van der Waals surface area (Å²) >= 11 is 0. The minimum absolute atomic E-state index is 0.249. The third kappa shape index (κ3) is 5.24. The molecule has 3 aromatic carbocycles. The first-order valence-electron chi connectivity index (χ1n) is 11.4. The molecule has 0 heterocycles. The van der Waals surface area contributed by atoms with Gasteiger partial charge in [0.2, 0.25) is 0 Å². The van der Waals surface area contributed by atoms with Crippen molar-refractivity contribution in [3.05, 3.63) is 110 Å². The molecule has 0 nitrogen and oxygen atoms in total. The van der Waals surface area contributed by atoms with Crippen LogP contribution in [0.15, 0.2) is 54.1 Å². The van der Waals surface area contributed by atoms with E-state index in [4.69, 9.17) is 0 Å². The smallest absolute Gasteiger partial charge is 0.161 e. The Hall–Kier alpha value is -3.62. The van der Waals surface area contributed by atoms with E-state index in [0.717, 1.165) is 29.2 Å². The van der Waals surface area contributed by atoms with Gasteiger partial charge in [-0.25, -0.2) is 8.78 Å². The predicted octanol–water partition coefficient (Wildman–Crippen LogP) is 7.51. The fourth-order valence-corrected chi connectivity index (χ4v) is 4.06. The molecule has 0 aromatic heterocycles. The van der Waals surface area contributed by atoms with Crippen LogP contribution in [0.5, 0.6) is 0 Å². The van der Waals surface area contributed by atoms with Crippen molar-refractivity contribution in [2.75, 3.05) is 0 Å². The maximum atomic E-state index is 13.6. The monoisotopic (exact) mass is 436 g/mol. The van der Waals surface area contributed by atoms with Crippen LogP contribution in [0.2, 0.25) is 0 Å². The molecule has 0 aliphatic heterocycles. The van der Waals surface area contributed by atoms with Crippen LogP contribution >= 0.6 is 0 Å². The van der Waals surface area contributed by atoms with Crippen molar-refractivity contribution in [1.82, 2.24) is 0 Å². The van der Waals surface area contributed by atoms with Crippen molar-refractivity contribution < 1.29 is 8.78 Å². The summed E-state index contributed by atoms with van der Waals surface area (Å²) in [6, 6.07) is 14.6. The van der Waals surface area contributed by atoms with E-state index in [0.29, 0.717) is 5.56 Å². The summed E-state index contributed by atoms with van der Waals surface area (Å²) in [5.74, 6) is 10.8.